The van der Waals surface area contributed by atoms with Crippen LogP contribution in [0, 0.1) is 11.8 Å². The van der Waals surface area contributed by atoms with Gasteiger partial charge in [-0.05, 0) is 67.2 Å². The van der Waals surface area contributed by atoms with Gasteiger partial charge in [0.05, 0.1) is 14.2 Å². The highest BCUT2D eigenvalue weighted by Gasteiger charge is 2.46. The number of fused-ring (bicyclic) bond motifs is 1. The van der Waals surface area contributed by atoms with Gasteiger partial charge in [-0.15, -0.1) is 11.6 Å². The lowest BCUT2D eigenvalue weighted by Crippen LogP contribution is -2.33. The van der Waals surface area contributed by atoms with Gasteiger partial charge in [-0.2, -0.15) is 0 Å². The van der Waals surface area contributed by atoms with Crippen molar-refractivity contribution in [1.82, 2.24) is 0 Å². The topological polar surface area (TPSA) is 35.5 Å². The summed E-state index contributed by atoms with van der Waals surface area (Å²) in [5.74, 6) is 2.54. The van der Waals surface area contributed by atoms with E-state index < -0.39 is 4.87 Å². The van der Waals surface area contributed by atoms with Crippen LogP contribution in [0.5, 0.6) is 11.5 Å². The Morgan fingerprint density at radius 3 is 2.24 bits per heavy atom. The van der Waals surface area contributed by atoms with Crippen LogP contribution < -0.4 is 9.47 Å². The molecular weight excluding hydrogens is 384 g/mol. The maximum Gasteiger partial charge on any atom is 0.184 e. The van der Waals surface area contributed by atoms with Gasteiger partial charge < -0.3 is 9.47 Å². The van der Waals surface area contributed by atoms with Crippen LogP contribution in [0.4, 0.5) is 0 Å². The maximum absolute atomic E-state index is 13.1. The first kappa shape index (κ1) is 20.3. The molecule has 2 aromatic carbocycles. The summed E-state index contributed by atoms with van der Waals surface area (Å²) in [5.41, 5.74) is 3.09. The van der Waals surface area contributed by atoms with Gasteiger partial charge in [0.15, 0.2) is 17.3 Å². The van der Waals surface area contributed by atoms with Crippen molar-refractivity contribution in [3.63, 3.8) is 0 Å². The van der Waals surface area contributed by atoms with Crippen LogP contribution in [-0.4, -0.2) is 24.9 Å². The summed E-state index contributed by atoms with van der Waals surface area (Å²) in [6.45, 7) is 0. The lowest BCUT2D eigenvalue weighted by atomic mass is 9.75. The van der Waals surface area contributed by atoms with Gasteiger partial charge in [0, 0.05) is 5.56 Å². The van der Waals surface area contributed by atoms with Gasteiger partial charge in [-0.3, -0.25) is 4.79 Å². The molecule has 0 saturated heterocycles. The zero-order chi connectivity index (χ0) is 20.4. The molecule has 2 aliphatic rings. The summed E-state index contributed by atoms with van der Waals surface area (Å²) in [7, 11) is 3.20. The number of methoxy groups -OCH3 is 2. The zero-order valence-corrected chi connectivity index (χ0v) is 18.0. The standard InChI is InChI=1S/C25H29ClO3/c1-28-22-13-20-16-25(26,24(27)21(20)14-23(22)29-2)15-19-10-8-18(9-11-19)12-17-6-4-3-5-7-17/h3-7,13-14,18-19H,8-12,15-16H2,1-2H3. The molecule has 3 nitrogen and oxygen atoms in total. The molecule has 29 heavy (non-hydrogen) atoms. The van der Waals surface area contributed by atoms with Crippen LogP contribution in [0.3, 0.4) is 0 Å². The second-order valence-corrected chi connectivity index (χ2v) is 9.34. The molecule has 0 amide bonds. The molecule has 0 aromatic heterocycles. The summed E-state index contributed by atoms with van der Waals surface area (Å²) in [5, 5.41) is 0. The zero-order valence-electron chi connectivity index (χ0n) is 17.2. The number of benzene rings is 2. The van der Waals surface area contributed by atoms with Crippen molar-refractivity contribution in [2.45, 2.75) is 49.8 Å². The number of hydrogen-bond donors (Lipinski definition) is 0. The van der Waals surface area contributed by atoms with Crippen molar-refractivity contribution < 1.29 is 14.3 Å². The highest BCUT2D eigenvalue weighted by Crippen LogP contribution is 2.46. The lowest BCUT2D eigenvalue weighted by molar-refractivity contribution is 0.0929. The van der Waals surface area contributed by atoms with Crippen molar-refractivity contribution in [3.8, 4) is 11.5 Å². The fourth-order valence-corrected chi connectivity index (χ4v) is 5.58. The van der Waals surface area contributed by atoms with E-state index in [1.807, 2.05) is 6.07 Å². The number of rotatable bonds is 6. The van der Waals surface area contributed by atoms with Crippen molar-refractivity contribution in [2.24, 2.45) is 11.8 Å². The van der Waals surface area contributed by atoms with Crippen molar-refractivity contribution in [2.75, 3.05) is 14.2 Å². The van der Waals surface area contributed by atoms with Crippen LogP contribution in [0.1, 0.15) is 53.6 Å². The third-order valence-corrected chi connectivity index (χ3v) is 7.14. The van der Waals surface area contributed by atoms with E-state index in [1.165, 1.54) is 18.4 Å². The van der Waals surface area contributed by atoms with Gasteiger partial charge in [0.25, 0.3) is 0 Å². The van der Waals surface area contributed by atoms with Gasteiger partial charge in [-0.1, -0.05) is 43.2 Å². The molecule has 1 unspecified atom stereocenters. The number of carbonyl (C=O) groups excluding carboxylic acids is 1. The second kappa shape index (κ2) is 8.39. The number of hydrogen-bond acceptors (Lipinski definition) is 3. The normalized spacial score (nSPS) is 26.2. The van der Waals surface area contributed by atoms with E-state index in [1.54, 1.807) is 20.3 Å². The van der Waals surface area contributed by atoms with Crippen LogP contribution in [0.2, 0.25) is 0 Å². The van der Waals surface area contributed by atoms with E-state index in [2.05, 4.69) is 30.3 Å². The number of carbonyl (C=O) groups is 1. The van der Waals surface area contributed by atoms with Crippen LogP contribution in [-0.2, 0) is 12.8 Å². The van der Waals surface area contributed by atoms with Gasteiger partial charge in [0.1, 0.15) is 4.87 Å². The molecule has 4 heteroatoms. The van der Waals surface area contributed by atoms with E-state index in [4.69, 9.17) is 21.1 Å². The molecule has 0 heterocycles. The molecule has 154 valence electrons. The average Bonchev–Trinajstić information content (AvgIpc) is 2.98. The summed E-state index contributed by atoms with van der Waals surface area (Å²) >= 11 is 6.95. The highest BCUT2D eigenvalue weighted by atomic mass is 35.5. The fraction of sp³-hybridized carbons (Fsp3) is 0.480. The first-order valence-electron chi connectivity index (χ1n) is 10.5. The Bertz CT molecular complexity index is 871. The van der Waals surface area contributed by atoms with Crippen LogP contribution >= 0.6 is 11.6 Å². The molecule has 0 radical (unpaired) electrons. The Hall–Kier alpha value is -2.00. The van der Waals surface area contributed by atoms with Gasteiger partial charge in [0.2, 0.25) is 0 Å². The second-order valence-electron chi connectivity index (χ2n) is 8.62. The SMILES string of the molecule is COc1cc2c(cc1OC)C(=O)C(Cl)(CC1CCC(Cc3ccccc3)CC1)C2. The van der Waals surface area contributed by atoms with Crippen molar-refractivity contribution >= 4 is 17.4 Å². The molecule has 2 aromatic rings. The molecule has 0 spiro atoms. The van der Waals surface area contributed by atoms with Crippen molar-refractivity contribution in [3.05, 3.63) is 59.2 Å². The molecule has 0 aliphatic heterocycles. The minimum absolute atomic E-state index is 0.0431. The summed E-state index contributed by atoms with van der Waals surface area (Å²) < 4.78 is 10.8. The first-order valence-corrected chi connectivity index (χ1v) is 10.9. The van der Waals surface area contributed by atoms with E-state index in [0.29, 0.717) is 29.4 Å². The van der Waals surface area contributed by atoms with E-state index >= 15 is 0 Å². The summed E-state index contributed by atoms with van der Waals surface area (Å²) in [6.07, 6.45) is 7.23. The Labute approximate surface area is 178 Å². The number of alkyl halides is 1. The summed E-state index contributed by atoms with van der Waals surface area (Å²) in [6, 6.07) is 14.4. The highest BCUT2D eigenvalue weighted by molar-refractivity contribution is 6.39. The molecular formula is C25H29ClO3. The largest absolute Gasteiger partial charge is 0.493 e. The Morgan fingerprint density at radius 1 is 0.966 bits per heavy atom. The van der Waals surface area contributed by atoms with E-state index in [0.717, 1.165) is 37.2 Å². The smallest absolute Gasteiger partial charge is 0.184 e. The van der Waals surface area contributed by atoms with Crippen molar-refractivity contribution in [1.29, 1.82) is 0 Å². The molecule has 4 rings (SSSR count). The maximum atomic E-state index is 13.1. The third-order valence-electron chi connectivity index (χ3n) is 6.68. The molecule has 0 bridgehead atoms. The van der Waals surface area contributed by atoms with Crippen LogP contribution in [0.15, 0.2) is 42.5 Å². The molecule has 1 atom stereocenters. The number of ketones is 1. The predicted octanol–water partition coefficient (Wildman–Crippen LogP) is 5.86. The first-order chi connectivity index (χ1) is 14.0. The third kappa shape index (κ3) is 4.16. The average molecular weight is 413 g/mol. The molecule has 1 fully saturated rings. The minimum Gasteiger partial charge on any atom is -0.493 e. The monoisotopic (exact) mass is 412 g/mol. The molecule has 2 aliphatic carbocycles. The Morgan fingerprint density at radius 2 is 1.59 bits per heavy atom. The van der Waals surface area contributed by atoms with Gasteiger partial charge in [-0.25, -0.2) is 0 Å². The molecule has 1 saturated carbocycles. The lowest BCUT2D eigenvalue weighted by Gasteiger charge is -2.32. The number of halogens is 1. The quantitative estimate of drug-likeness (QED) is 0.557. The van der Waals surface area contributed by atoms with E-state index in [-0.39, 0.29) is 5.78 Å². The number of ether oxygens (including phenoxy) is 2. The fourth-order valence-electron chi connectivity index (χ4n) is 5.11. The summed E-state index contributed by atoms with van der Waals surface area (Å²) in [4.78, 5) is 12.3. The molecule has 0 N–H and O–H groups in total. The van der Waals surface area contributed by atoms with E-state index in [9.17, 15) is 4.79 Å². The predicted molar refractivity (Wildman–Crippen MR) is 116 cm³/mol. The van der Waals surface area contributed by atoms with Gasteiger partial charge >= 0.3 is 0 Å². The Kier molecular flexibility index (Phi) is 5.87. The minimum atomic E-state index is -0.823. The van der Waals surface area contributed by atoms with Crippen LogP contribution in [0.25, 0.3) is 0 Å². The number of Topliss-reactive ketones (excluding diaryl/α,β-unsaturated/α-hetero) is 1. The Balaban J connectivity index is 1.39.